The number of carbonyl (C=O) groups is 2. The fourth-order valence-electron chi connectivity index (χ4n) is 3.80. The highest BCUT2D eigenvalue weighted by Crippen LogP contribution is 2.40. The largest absolute Gasteiger partial charge is 0.489 e. The predicted molar refractivity (Wildman–Crippen MR) is 105 cm³/mol. The molecule has 2 aliphatic rings. The van der Waals surface area contributed by atoms with Crippen LogP contribution in [0.4, 0.5) is 20.2 Å². The molecule has 0 radical (unpaired) electrons. The zero-order valence-electron chi connectivity index (χ0n) is 16.3. The number of hydrogen-bond donors (Lipinski definition) is 2. The molecule has 2 amide bonds. The van der Waals surface area contributed by atoms with Gasteiger partial charge < -0.3 is 19.7 Å². The summed E-state index contributed by atoms with van der Waals surface area (Å²) in [6.45, 7) is 5.44. The van der Waals surface area contributed by atoms with Crippen LogP contribution in [0.2, 0.25) is 0 Å². The Hall–Kier alpha value is -3.49. The first kappa shape index (κ1) is 19.8. The van der Waals surface area contributed by atoms with E-state index in [-0.39, 0.29) is 49.4 Å². The average molecular weight is 416 g/mol. The standard InChI is InChI=1S/C21H19F2N3O4/c1-11-3-12(4-16-21(11)30-10-19(28)25-16)8-26-14(7-18(27)24-2)9-29-17-6-13(22)5-15(23)20(17)26/h3-6,14H,2,7-10H2,1H3,(H,25,28)/p+1/t14-/m0/s1. The molecule has 1 atom stereocenters. The molecule has 2 heterocycles. The number of halogens is 2. The van der Waals surface area contributed by atoms with Crippen LogP contribution in [0.25, 0.3) is 0 Å². The fraction of sp³-hybridized carbons (Fsp3) is 0.286. The Balaban J connectivity index is 1.73. The number of anilines is 2. The zero-order chi connectivity index (χ0) is 21.4. The van der Waals surface area contributed by atoms with Crippen LogP contribution >= 0.6 is 0 Å². The second kappa shape index (κ2) is 7.74. The molecule has 30 heavy (non-hydrogen) atoms. The lowest BCUT2D eigenvalue weighted by molar-refractivity contribution is -0.369. The number of hydrogen-bond acceptors (Lipinski definition) is 5. The van der Waals surface area contributed by atoms with Crippen LogP contribution in [0.1, 0.15) is 17.5 Å². The van der Waals surface area contributed by atoms with Crippen molar-refractivity contribution in [1.29, 1.82) is 0 Å². The molecule has 2 aliphatic heterocycles. The quantitative estimate of drug-likeness (QED) is 0.729. The van der Waals surface area contributed by atoms with E-state index in [1.165, 1.54) is 0 Å². The van der Waals surface area contributed by atoms with Crippen molar-refractivity contribution in [1.82, 2.24) is 0 Å². The van der Waals surface area contributed by atoms with Crippen LogP contribution in [-0.2, 0) is 16.1 Å². The molecule has 4 rings (SSSR count). The van der Waals surface area contributed by atoms with E-state index in [0.717, 1.165) is 23.3 Å². The van der Waals surface area contributed by atoms with Crippen LogP contribution in [0.15, 0.2) is 24.3 Å². The summed E-state index contributed by atoms with van der Waals surface area (Å²) < 4.78 is 39.4. The zero-order valence-corrected chi connectivity index (χ0v) is 16.3. The molecule has 0 aliphatic carbocycles. The number of nitrogens with zero attached hydrogens (tertiary/aromatic N) is 1. The molecule has 2 aromatic rings. The summed E-state index contributed by atoms with van der Waals surface area (Å²) in [5.74, 6) is -1.46. The van der Waals surface area contributed by atoms with E-state index >= 15 is 0 Å². The summed E-state index contributed by atoms with van der Waals surface area (Å²) in [4.78, 5) is 27.6. The highest BCUT2D eigenvalue weighted by atomic mass is 19.1. The third kappa shape index (κ3) is 3.70. The first-order chi connectivity index (χ1) is 14.4. The summed E-state index contributed by atoms with van der Waals surface area (Å²) >= 11 is 0. The Morgan fingerprint density at radius 2 is 2.10 bits per heavy atom. The summed E-state index contributed by atoms with van der Waals surface area (Å²) in [7, 11) is 0. The van der Waals surface area contributed by atoms with Gasteiger partial charge in [-0.15, -0.1) is 0 Å². The predicted octanol–water partition coefficient (Wildman–Crippen LogP) is 1.07. The molecule has 0 aromatic heterocycles. The smallest absolute Gasteiger partial charge is 0.386 e. The van der Waals surface area contributed by atoms with Crippen LogP contribution < -0.4 is 24.7 Å². The third-order valence-corrected chi connectivity index (χ3v) is 5.08. The number of aryl methyl sites for hydroxylation is 1. The first-order valence-electron chi connectivity index (χ1n) is 9.36. The van der Waals surface area contributed by atoms with Crippen molar-refractivity contribution in [2.75, 3.05) is 23.4 Å². The summed E-state index contributed by atoms with van der Waals surface area (Å²) in [6, 6.07) is 5.02. The summed E-state index contributed by atoms with van der Waals surface area (Å²) in [5.41, 5.74) is 2.18. The van der Waals surface area contributed by atoms with Gasteiger partial charge in [0.25, 0.3) is 5.91 Å². The molecular weight excluding hydrogens is 396 g/mol. The molecule has 0 saturated heterocycles. The minimum absolute atomic E-state index is 0.0174. The van der Waals surface area contributed by atoms with Gasteiger partial charge >= 0.3 is 5.91 Å². The van der Waals surface area contributed by atoms with Crippen LogP contribution in [-0.4, -0.2) is 37.8 Å². The molecule has 2 N–H and O–H groups in total. The molecule has 0 unspecified atom stereocenters. The fourth-order valence-corrected chi connectivity index (χ4v) is 3.80. The SMILES string of the molecule is C=[NH+]C(=O)C[C@H]1COc2cc(F)cc(F)c2N1Cc1cc(C)c2c(c1)NC(=O)CO2. The maximum Gasteiger partial charge on any atom is 0.386 e. The third-order valence-electron chi connectivity index (χ3n) is 5.08. The van der Waals surface area contributed by atoms with E-state index in [1.54, 1.807) is 11.0 Å². The van der Waals surface area contributed by atoms with Crippen molar-refractivity contribution in [2.24, 2.45) is 0 Å². The van der Waals surface area contributed by atoms with Gasteiger partial charge in [-0.3, -0.25) is 4.79 Å². The molecule has 9 heteroatoms. The highest BCUT2D eigenvalue weighted by Gasteiger charge is 2.34. The number of ether oxygens (including phenoxy) is 2. The van der Waals surface area contributed by atoms with Crippen LogP contribution in [0.3, 0.4) is 0 Å². The van der Waals surface area contributed by atoms with Gasteiger partial charge in [-0.2, -0.15) is 4.99 Å². The monoisotopic (exact) mass is 416 g/mol. The van der Waals surface area contributed by atoms with Crippen molar-refractivity contribution in [3.8, 4) is 11.5 Å². The Kier molecular flexibility index (Phi) is 5.11. The van der Waals surface area contributed by atoms with Gasteiger partial charge in [0.2, 0.25) is 0 Å². The topological polar surface area (TPSA) is 81.8 Å². The molecule has 7 nitrogen and oxygen atoms in total. The number of amides is 2. The van der Waals surface area contributed by atoms with Gasteiger partial charge in [0.05, 0.1) is 18.2 Å². The molecular formula is C21H20F2N3O4+. The van der Waals surface area contributed by atoms with E-state index in [9.17, 15) is 18.4 Å². The number of nitrogens with one attached hydrogen (secondary N) is 2. The van der Waals surface area contributed by atoms with Crippen LogP contribution in [0.5, 0.6) is 11.5 Å². The van der Waals surface area contributed by atoms with Gasteiger partial charge in [-0.25, -0.2) is 13.6 Å². The maximum absolute atomic E-state index is 14.7. The van der Waals surface area contributed by atoms with Gasteiger partial charge in [-0.1, -0.05) is 6.07 Å². The number of benzene rings is 2. The summed E-state index contributed by atoms with van der Waals surface area (Å²) in [5, 5.41) is 2.77. The van der Waals surface area contributed by atoms with E-state index in [2.05, 4.69) is 17.0 Å². The first-order valence-corrected chi connectivity index (χ1v) is 9.36. The highest BCUT2D eigenvalue weighted by molar-refractivity contribution is 5.95. The number of carbonyl (C=O) groups excluding carboxylic acids is 2. The minimum atomic E-state index is -0.781. The van der Waals surface area contributed by atoms with E-state index in [1.807, 2.05) is 13.0 Å². The van der Waals surface area contributed by atoms with Gasteiger partial charge in [-0.05, 0) is 24.1 Å². The lowest BCUT2D eigenvalue weighted by Crippen LogP contribution is -2.72. The van der Waals surface area contributed by atoms with Gasteiger partial charge in [0.15, 0.2) is 12.4 Å². The van der Waals surface area contributed by atoms with Crippen molar-refractivity contribution < 1.29 is 32.8 Å². The van der Waals surface area contributed by atoms with E-state index < -0.39 is 17.7 Å². The second-order valence-electron chi connectivity index (χ2n) is 7.26. The lowest BCUT2D eigenvalue weighted by Gasteiger charge is -2.38. The number of rotatable bonds is 4. The Bertz CT molecular complexity index is 1060. The van der Waals surface area contributed by atoms with E-state index in [0.29, 0.717) is 11.4 Å². The van der Waals surface area contributed by atoms with Crippen molar-refractivity contribution in [3.63, 3.8) is 0 Å². The number of fused-ring (bicyclic) bond motifs is 2. The molecule has 2 aromatic carbocycles. The molecule has 0 spiro atoms. The van der Waals surface area contributed by atoms with E-state index in [4.69, 9.17) is 9.47 Å². The second-order valence-corrected chi connectivity index (χ2v) is 7.26. The molecule has 0 bridgehead atoms. The molecule has 0 saturated carbocycles. The maximum atomic E-state index is 14.7. The Morgan fingerprint density at radius 1 is 1.30 bits per heavy atom. The molecule has 156 valence electrons. The Labute approximate surface area is 171 Å². The average Bonchev–Trinajstić information content (AvgIpc) is 2.68. The minimum Gasteiger partial charge on any atom is -0.489 e. The van der Waals surface area contributed by atoms with Gasteiger partial charge in [0.1, 0.15) is 36.3 Å². The van der Waals surface area contributed by atoms with Crippen molar-refractivity contribution in [3.05, 3.63) is 47.0 Å². The summed E-state index contributed by atoms with van der Waals surface area (Å²) in [6.07, 6.45) is 0.0174. The van der Waals surface area contributed by atoms with Gasteiger partial charge in [0, 0.05) is 18.7 Å². The normalized spacial score (nSPS) is 17.2. The lowest BCUT2D eigenvalue weighted by atomic mass is 10.0. The van der Waals surface area contributed by atoms with Crippen LogP contribution in [0, 0.1) is 18.6 Å². The molecule has 0 fully saturated rings. The Morgan fingerprint density at radius 3 is 2.87 bits per heavy atom. The van der Waals surface area contributed by atoms with Crippen molar-refractivity contribution >= 4 is 29.9 Å². The van der Waals surface area contributed by atoms with Crippen molar-refractivity contribution in [2.45, 2.75) is 25.9 Å².